The van der Waals surface area contributed by atoms with Gasteiger partial charge in [-0.3, -0.25) is 9.69 Å². The first-order valence-electron chi connectivity index (χ1n) is 6.25. The molecular formula is C12H24N2O2. The van der Waals surface area contributed by atoms with Crippen LogP contribution < -0.4 is 5.32 Å². The van der Waals surface area contributed by atoms with Crippen LogP contribution in [-0.4, -0.2) is 49.2 Å². The third kappa shape index (κ3) is 4.49. The van der Waals surface area contributed by atoms with Crippen LogP contribution in [-0.2, 0) is 9.53 Å². The van der Waals surface area contributed by atoms with Gasteiger partial charge in [0.05, 0.1) is 19.3 Å². The fourth-order valence-electron chi connectivity index (χ4n) is 1.84. The van der Waals surface area contributed by atoms with E-state index in [9.17, 15) is 4.79 Å². The molecule has 1 amide bonds. The summed E-state index contributed by atoms with van der Waals surface area (Å²) in [6.07, 6.45) is 2.41. The highest BCUT2D eigenvalue weighted by Gasteiger charge is 2.24. The van der Waals surface area contributed by atoms with Gasteiger partial charge in [0.15, 0.2) is 0 Å². The molecule has 1 saturated heterocycles. The van der Waals surface area contributed by atoms with Crippen LogP contribution in [0.15, 0.2) is 0 Å². The average molecular weight is 228 g/mol. The summed E-state index contributed by atoms with van der Waals surface area (Å²) < 4.78 is 5.53. The van der Waals surface area contributed by atoms with Gasteiger partial charge in [-0.15, -0.1) is 0 Å². The second-order valence-electron chi connectivity index (χ2n) is 4.63. The van der Waals surface area contributed by atoms with Gasteiger partial charge >= 0.3 is 0 Å². The molecule has 1 N–H and O–H groups in total. The highest BCUT2D eigenvalue weighted by atomic mass is 16.5. The Morgan fingerprint density at radius 2 is 2.25 bits per heavy atom. The van der Waals surface area contributed by atoms with Crippen molar-refractivity contribution in [3.05, 3.63) is 0 Å². The first kappa shape index (κ1) is 13.5. The van der Waals surface area contributed by atoms with Crippen LogP contribution in [0, 0.1) is 0 Å². The highest BCUT2D eigenvalue weighted by Crippen LogP contribution is 2.10. The van der Waals surface area contributed by atoms with Gasteiger partial charge in [-0.2, -0.15) is 0 Å². The van der Waals surface area contributed by atoms with Crippen molar-refractivity contribution < 1.29 is 9.53 Å². The molecule has 4 heteroatoms. The third-order valence-electron chi connectivity index (χ3n) is 2.94. The van der Waals surface area contributed by atoms with Gasteiger partial charge in [-0.1, -0.05) is 13.3 Å². The van der Waals surface area contributed by atoms with Crippen molar-refractivity contribution in [3.8, 4) is 0 Å². The lowest BCUT2D eigenvalue weighted by atomic mass is 10.2. The van der Waals surface area contributed by atoms with E-state index in [0.717, 1.165) is 32.5 Å². The Balaban J connectivity index is 2.25. The van der Waals surface area contributed by atoms with E-state index < -0.39 is 0 Å². The van der Waals surface area contributed by atoms with Crippen LogP contribution in [0.4, 0.5) is 0 Å². The Labute approximate surface area is 98.3 Å². The Morgan fingerprint density at radius 1 is 1.50 bits per heavy atom. The van der Waals surface area contributed by atoms with Gasteiger partial charge < -0.3 is 10.1 Å². The van der Waals surface area contributed by atoms with Gasteiger partial charge in [-0.05, 0) is 20.3 Å². The minimum Gasteiger partial charge on any atom is -0.376 e. The average Bonchev–Trinajstić information content (AvgIpc) is 2.24. The normalized spacial score (nSPS) is 26.7. The zero-order valence-electron chi connectivity index (χ0n) is 10.7. The molecule has 1 rings (SSSR count). The minimum absolute atomic E-state index is 0.134. The number of carbonyl (C=O) groups excluding carboxylic acids is 1. The van der Waals surface area contributed by atoms with Crippen molar-refractivity contribution in [2.75, 3.05) is 26.2 Å². The maximum Gasteiger partial charge on any atom is 0.234 e. The Hall–Kier alpha value is -0.610. The quantitative estimate of drug-likeness (QED) is 0.714. The molecular weight excluding hydrogens is 204 g/mol. The maximum atomic E-state index is 11.6. The molecule has 1 aliphatic rings. The number of rotatable bonds is 5. The van der Waals surface area contributed by atoms with Crippen LogP contribution in [0.2, 0.25) is 0 Å². The lowest BCUT2D eigenvalue weighted by Gasteiger charge is -2.36. The SMILES string of the molecule is CCCCNC(=O)CN1CC(C)OCC1C. The second kappa shape index (κ2) is 6.86. The van der Waals surface area contributed by atoms with Crippen LogP contribution >= 0.6 is 0 Å². The standard InChI is InChI=1S/C12H24N2O2/c1-4-5-6-13-12(15)8-14-7-11(3)16-9-10(14)2/h10-11H,4-9H2,1-3H3,(H,13,15). The van der Waals surface area contributed by atoms with Crippen LogP contribution in [0.1, 0.15) is 33.6 Å². The highest BCUT2D eigenvalue weighted by molar-refractivity contribution is 5.78. The smallest absolute Gasteiger partial charge is 0.234 e. The predicted molar refractivity (Wildman–Crippen MR) is 64.4 cm³/mol. The van der Waals surface area contributed by atoms with Crippen molar-refractivity contribution in [1.29, 1.82) is 0 Å². The molecule has 94 valence electrons. The fraction of sp³-hybridized carbons (Fsp3) is 0.917. The first-order valence-corrected chi connectivity index (χ1v) is 6.25. The van der Waals surface area contributed by atoms with E-state index in [1.54, 1.807) is 0 Å². The maximum absolute atomic E-state index is 11.6. The molecule has 4 nitrogen and oxygen atoms in total. The zero-order valence-corrected chi connectivity index (χ0v) is 10.7. The van der Waals surface area contributed by atoms with Crippen molar-refractivity contribution in [1.82, 2.24) is 10.2 Å². The Bertz CT molecular complexity index is 221. The molecule has 0 aromatic carbocycles. The van der Waals surface area contributed by atoms with Crippen LogP contribution in [0.5, 0.6) is 0 Å². The monoisotopic (exact) mass is 228 g/mol. The molecule has 2 atom stereocenters. The van der Waals surface area contributed by atoms with Crippen molar-refractivity contribution >= 4 is 5.91 Å². The molecule has 0 aromatic rings. The number of nitrogens with zero attached hydrogens (tertiary/aromatic N) is 1. The Morgan fingerprint density at radius 3 is 2.94 bits per heavy atom. The molecule has 0 aromatic heterocycles. The summed E-state index contributed by atoms with van der Waals surface area (Å²) in [5.41, 5.74) is 0. The van der Waals surface area contributed by atoms with E-state index in [1.165, 1.54) is 0 Å². The number of ether oxygens (including phenoxy) is 1. The number of nitrogens with one attached hydrogen (secondary N) is 1. The summed E-state index contributed by atoms with van der Waals surface area (Å²) in [5, 5.41) is 2.94. The number of amides is 1. The molecule has 1 heterocycles. The first-order chi connectivity index (χ1) is 7.63. The van der Waals surface area contributed by atoms with Crippen molar-refractivity contribution in [3.63, 3.8) is 0 Å². The number of carbonyl (C=O) groups is 1. The van der Waals surface area contributed by atoms with E-state index in [4.69, 9.17) is 4.74 Å². The van der Waals surface area contributed by atoms with Gasteiger partial charge in [0.25, 0.3) is 0 Å². The number of hydrogen-bond donors (Lipinski definition) is 1. The lowest BCUT2D eigenvalue weighted by molar-refractivity contribution is -0.125. The molecule has 0 radical (unpaired) electrons. The van der Waals surface area contributed by atoms with Crippen molar-refractivity contribution in [2.24, 2.45) is 0 Å². The molecule has 2 unspecified atom stereocenters. The molecule has 0 spiro atoms. The van der Waals surface area contributed by atoms with Crippen LogP contribution in [0.25, 0.3) is 0 Å². The number of morpholine rings is 1. The largest absolute Gasteiger partial charge is 0.376 e. The molecule has 1 aliphatic heterocycles. The molecule has 0 saturated carbocycles. The van der Waals surface area contributed by atoms with E-state index >= 15 is 0 Å². The minimum atomic E-state index is 0.134. The van der Waals surface area contributed by atoms with Gasteiger partial charge in [0.2, 0.25) is 5.91 Å². The summed E-state index contributed by atoms with van der Waals surface area (Å²) in [6, 6.07) is 0.341. The molecule has 0 bridgehead atoms. The van der Waals surface area contributed by atoms with E-state index in [1.807, 2.05) is 6.92 Å². The number of hydrogen-bond acceptors (Lipinski definition) is 3. The topological polar surface area (TPSA) is 41.6 Å². The summed E-state index contributed by atoms with van der Waals surface area (Å²) in [4.78, 5) is 13.8. The third-order valence-corrected chi connectivity index (χ3v) is 2.94. The van der Waals surface area contributed by atoms with Crippen LogP contribution in [0.3, 0.4) is 0 Å². The van der Waals surface area contributed by atoms with E-state index in [2.05, 4.69) is 24.1 Å². The zero-order chi connectivity index (χ0) is 12.0. The Kier molecular flexibility index (Phi) is 5.77. The van der Waals surface area contributed by atoms with Gasteiger partial charge in [-0.25, -0.2) is 0 Å². The molecule has 0 aliphatic carbocycles. The lowest BCUT2D eigenvalue weighted by Crippen LogP contribution is -2.51. The van der Waals surface area contributed by atoms with Crippen molar-refractivity contribution in [2.45, 2.75) is 45.8 Å². The van der Waals surface area contributed by atoms with Gasteiger partial charge in [0.1, 0.15) is 0 Å². The summed E-state index contributed by atoms with van der Waals surface area (Å²) >= 11 is 0. The summed E-state index contributed by atoms with van der Waals surface area (Å²) in [5.74, 6) is 0.134. The predicted octanol–water partition coefficient (Wildman–Crippen LogP) is 1.01. The fourth-order valence-corrected chi connectivity index (χ4v) is 1.84. The van der Waals surface area contributed by atoms with E-state index in [-0.39, 0.29) is 12.0 Å². The van der Waals surface area contributed by atoms with Gasteiger partial charge in [0, 0.05) is 19.1 Å². The molecule has 1 fully saturated rings. The number of unbranched alkanes of at least 4 members (excludes halogenated alkanes) is 1. The van der Waals surface area contributed by atoms with E-state index in [0.29, 0.717) is 12.6 Å². The summed E-state index contributed by atoms with van der Waals surface area (Å²) in [6.45, 7) is 9.14. The molecule has 16 heavy (non-hydrogen) atoms. The second-order valence-corrected chi connectivity index (χ2v) is 4.63. The summed E-state index contributed by atoms with van der Waals surface area (Å²) in [7, 11) is 0.